The first-order chi connectivity index (χ1) is 9.40. The van der Waals surface area contributed by atoms with Crippen molar-refractivity contribution in [2.24, 2.45) is 0 Å². The van der Waals surface area contributed by atoms with Gasteiger partial charge in [0.05, 0.1) is 6.42 Å². The van der Waals surface area contributed by atoms with Crippen molar-refractivity contribution in [3.05, 3.63) is 46.5 Å². The smallest absolute Gasteiger partial charge is 0.303 e. The fourth-order valence-corrected chi connectivity index (χ4v) is 2.04. The van der Waals surface area contributed by atoms with Gasteiger partial charge in [-0.3, -0.25) is 19.2 Å². The first-order valence-electron chi connectivity index (χ1n) is 6.06. The Hall–Kier alpha value is -2.56. The van der Waals surface area contributed by atoms with E-state index in [4.69, 9.17) is 5.11 Å². The van der Waals surface area contributed by atoms with Gasteiger partial charge in [-0.05, 0) is 25.1 Å². The molecule has 0 radical (unpaired) electrons. The normalized spacial score (nSPS) is 13.8. The van der Waals surface area contributed by atoms with Crippen LogP contribution in [0.3, 0.4) is 0 Å². The van der Waals surface area contributed by atoms with Crippen LogP contribution in [0.5, 0.6) is 0 Å². The number of aliphatic carboxylic acids is 1. The van der Waals surface area contributed by atoms with E-state index in [0.29, 0.717) is 5.57 Å². The van der Waals surface area contributed by atoms with E-state index >= 15 is 0 Å². The molecule has 0 atom stereocenters. The Morgan fingerprint density at radius 3 is 2.45 bits per heavy atom. The number of ketones is 3. The average Bonchev–Trinajstić information content (AvgIpc) is 2.41. The molecule has 2 rings (SSSR count). The van der Waals surface area contributed by atoms with Gasteiger partial charge in [0.2, 0.25) is 0 Å². The molecule has 0 saturated heterocycles. The number of benzene rings is 1. The molecule has 0 bridgehead atoms. The molecule has 20 heavy (non-hydrogen) atoms. The topological polar surface area (TPSA) is 88.5 Å². The summed E-state index contributed by atoms with van der Waals surface area (Å²) in [4.78, 5) is 46.0. The van der Waals surface area contributed by atoms with Crippen molar-refractivity contribution < 1.29 is 24.3 Å². The molecule has 1 aliphatic carbocycles. The van der Waals surface area contributed by atoms with Crippen LogP contribution in [0, 0.1) is 0 Å². The van der Waals surface area contributed by atoms with E-state index in [1.807, 2.05) is 0 Å². The Kier molecular flexibility index (Phi) is 3.61. The van der Waals surface area contributed by atoms with E-state index in [0.717, 1.165) is 0 Å². The van der Waals surface area contributed by atoms with Gasteiger partial charge < -0.3 is 5.11 Å². The van der Waals surface area contributed by atoms with Gasteiger partial charge >= 0.3 is 5.97 Å². The summed E-state index contributed by atoms with van der Waals surface area (Å²) in [5.41, 5.74) is 1.10. The molecule has 0 unspecified atom stereocenters. The molecule has 1 aromatic rings. The van der Waals surface area contributed by atoms with E-state index in [1.54, 1.807) is 6.92 Å². The highest BCUT2D eigenvalue weighted by atomic mass is 16.4. The van der Waals surface area contributed by atoms with Crippen LogP contribution in [-0.2, 0) is 4.79 Å². The summed E-state index contributed by atoms with van der Waals surface area (Å²) < 4.78 is 0. The number of carbonyl (C=O) groups excluding carboxylic acids is 3. The van der Waals surface area contributed by atoms with Gasteiger partial charge in [-0.2, -0.15) is 0 Å². The summed E-state index contributed by atoms with van der Waals surface area (Å²) in [6, 6.07) is 4.26. The maximum Gasteiger partial charge on any atom is 0.303 e. The van der Waals surface area contributed by atoms with Crippen LogP contribution < -0.4 is 0 Å². The molecule has 1 aliphatic rings. The van der Waals surface area contributed by atoms with Crippen LogP contribution in [0.2, 0.25) is 0 Å². The summed E-state index contributed by atoms with van der Waals surface area (Å²) in [5.74, 6) is -1.96. The Balaban J connectivity index is 2.32. The van der Waals surface area contributed by atoms with Gasteiger partial charge in [0.25, 0.3) is 0 Å². The summed E-state index contributed by atoms with van der Waals surface area (Å²) in [5, 5.41) is 8.55. The van der Waals surface area contributed by atoms with Gasteiger partial charge in [0, 0.05) is 28.7 Å². The first-order valence-corrected chi connectivity index (χ1v) is 6.06. The highest BCUT2D eigenvalue weighted by Crippen LogP contribution is 2.23. The maximum absolute atomic E-state index is 11.9. The fraction of sp³-hybridized carbons (Fsp3) is 0.200. The monoisotopic (exact) mass is 272 g/mol. The lowest BCUT2D eigenvalue weighted by Gasteiger charge is -2.13. The Morgan fingerprint density at radius 2 is 1.80 bits per heavy atom. The third-order valence-electron chi connectivity index (χ3n) is 3.12. The zero-order valence-electron chi connectivity index (χ0n) is 10.8. The van der Waals surface area contributed by atoms with E-state index in [2.05, 4.69) is 0 Å². The zero-order chi connectivity index (χ0) is 14.9. The van der Waals surface area contributed by atoms with Crippen LogP contribution in [0.15, 0.2) is 29.8 Å². The summed E-state index contributed by atoms with van der Waals surface area (Å²) in [6.45, 7) is 1.56. The number of carboxylic acids is 1. The van der Waals surface area contributed by atoms with Crippen molar-refractivity contribution in [3.8, 4) is 0 Å². The summed E-state index contributed by atoms with van der Waals surface area (Å²) in [6.07, 6.45) is 0.850. The number of rotatable bonds is 4. The van der Waals surface area contributed by atoms with E-state index < -0.39 is 5.97 Å². The number of Topliss-reactive ketones (excluding diaryl/α,β-unsaturated/α-hetero) is 2. The predicted octanol–water partition coefficient (Wildman–Crippen LogP) is 2.06. The van der Waals surface area contributed by atoms with Crippen molar-refractivity contribution in [2.45, 2.75) is 19.8 Å². The zero-order valence-corrected chi connectivity index (χ0v) is 10.8. The van der Waals surface area contributed by atoms with Crippen molar-refractivity contribution in [2.75, 3.05) is 0 Å². The second kappa shape index (κ2) is 5.21. The molecule has 0 amide bonds. The quantitative estimate of drug-likeness (QED) is 0.847. The molecule has 0 saturated carbocycles. The minimum Gasteiger partial charge on any atom is -0.481 e. The SMILES string of the molecule is CC1=CC(=O)c2cc(C(=O)CCC(=O)O)ccc2C1=O. The third kappa shape index (κ3) is 2.56. The summed E-state index contributed by atoms with van der Waals surface area (Å²) >= 11 is 0. The largest absolute Gasteiger partial charge is 0.481 e. The molecule has 5 heteroatoms. The fourth-order valence-electron chi connectivity index (χ4n) is 2.04. The Labute approximate surface area is 114 Å². The molecule has 1 N–H and O–H groups in total. The maximum atomic E-state index is 11.9. The second-order valence-corrected chi connectivity index (χ2v) is 4.60. The van der Waals surface area contributed by atoms with Crippen molar-refractivity contribution >= 4 is 23.3 Å². The van der Waals surface area contributed by atoms with Gasteiger partial charge in [-0.15, -0.1) is 0 Å². The van der Waals surface area contributed by atoms with Gasteiger partial charge in [-0.25, -0.2) is 0 Å². The molecule has 5 nitrogen and oxygen atoms in total. The minimum absolute atomic E-state index is 0.134. The van der Waals surface area contributed by atoms with Crippen molar-refractivity contribution in [1.29, 1.82) is 0 Å². The second-order valence-electron chi connectivity index (χ2n) is 4.60. The molecule has 0 aliphatic heterocycles. The number of carboxylic acid groups (broad SMARTS) is 1. The average molecular weight is 272 g/mol. The lowest BCUT2D eigenvalue weighted by molar-refractivity contribution is -0.136. The number of hydrogen-bond acceptors (Lipinski definition) is 4. The molecule has 102 valence electrons. The Morgan fingerprint density at radius 1 is 1.10 bits per heavy atom. The molecule has 0 fully saturated rings. The van der Waals surface area contributed by atoms with Gasteiger partial charge in [0.15, 0.2) is 17.3 Å². The highest BCUT2D eigenvalue weighted by molar-refractivity contribution is 6.24. The van der Waals surface area contributed by atoms with Gasteiger partial charge in [-0.1, -0.05) is 6.07 Å². The van der Waals surface area contributed by atoms with Crippen molar-refractivity contribution in [1.82, 2.24) is 0 Å². The molecular formula is C15H12O5. The lowest BCUT2D eigenvalue weighted by Crippen LogP contribution is -2.16. The predicted molar refractivity (Wildman–Crippen MR) is 70.1 cm³/mol. The first kappa shape index (κ1) is 13.9. The van der Waals surface area contributed by atoms with E-state index in [1.165, 1.54) is 24.3 Å². The van der Waals surface area contributed by atoms with Crippen LogP contribution in [-0.4, -0.2) is 28.4 Å². The number of carbonyl (C=O) groups is 4. The highest BCUT2D eigenvalue weighted by Gasteiger charge is 2.24. The van der Waals surface area contributed by atoms with E-state index in [9.17, 15) is 19.2 Å². The molecule has 0 heterocycles. The molecule has 1 aromatic carbocycles. The van der Waals surface area contributed by atoms with Gasteiger partial charge in [0.1, 0.15) is 0 Å². The van der Waals surface area contributed by atoms with Crippen LogP contribution in [0.25, 0.3) is 0 Å². The minimum atomic E-state index is -1.05. The van der Waals surface area contributed by atoms with Crippen LogP contribution in [0.1, 0.15) is 50.8 Å². The van der Waals surface area contributed by atoms with Crippen molar-refractivity contribution in [3.63, 3.8) is 0 Å². The molecular weight excluding hydrogens is 260 g/mol. The molecule has 0 spiro atoms. The number of allylic oxidation sites excluding steroid dienone is 2. The summed E-state index contributed by atoms with van der Waals surface area (Å²) in [7, 11) is 0. The standard InChI is InChI=1S/C15H12O5/c1-8-6-13(17)11-7-9(2-3-10(11)15(8)20)12(16)4-5-14(18)19/h2-3,6-7H,4-5H2,1H3,(H,18,19). The van der Waals surface area contributed by atoms with Crippen LogP contribution >= 0.6 is 0 Å². The molecule has 0 aromatic heterocycles. The lowest BCUT2D eigenvalue weighted by atomic mass is 9.88. The number of fused-ring (bicyclic) bond motifs is 1. The Bertz CT molecular complexity index is 667. The van der Waals surface area contributed by atoms with E-state index in [-0.39, 0.29) is 46.9 Å². The number of hydrogen-bond donors (Lipinski definition) is 1. The van der Waals surface area contributed by atoms with Crippen LogP contribution in [0.4, 0.5) is 0 Å². The third-order valence-corrected chi connectivity index (χ3v) is 3.12.